The Labute approximate surface area is 265 Å². The SMILES string of the molecule is Cn1nnnc1SCC1(C(=O)O)CS[C@@H]2C(NC(=O)C(=NOCC(=O)Nc3cc(Cl)ccc3O)c3csc(N)n3)C(=O)N2C1. The van der Waals surface area contributed by atoms with Gasteiger partial charge in [-0.05, 0) is 28.6 Å². The molecule has 44 heavy (non-hydrogen) atoms. The zero-order valence-electron chi connectivity index (χ0n) is 22.5. The number of benzene rings is 1. The largest absolute Gasteiger partial charge is 0.506 e. The highest BCUT2D eigenvalue weighted by Crippen LogP contribution is 2.44. The zero-order chi connectivity index (χ0) is 31.6. The Balaban J connectivity index is 1.23. The molecule has 0 bridgehead atoms. The third-order valence-corrected chi connectivity index (χ3v) is 10.3. The molecule has 232 valence electrons. The lowest BCUT2D eigenvalue weighted by atomic mass is 9.89. The van der Waals surface area contributed by atoms with Crippen LogP contribution < -0.4 is 16.4 Å². The molecule has 1 aromatic carbocycles. The number of aromatic hydroxyl groups is 1. The number of fused-ring (bicyclic) bond motifs is 1. The molecule has 0 spiro atoms. The number of thiazole rings is 1. The van der Waals surface area contributed by atoms with Crippen LogP contribution in [-0.2, 0) is 31.1 Å². The van der Waals surface area contributed by atoms with Crippen molar-refractivity contribution in [3.8, 4) is 5.75 Å². The first-order valence-electron chi connectivity index (χ1n) is 12.5. The fraction of sp³-hybridized carbons (Fsp3) is 0.348. The van der Waals surface area contributed by atoms with E-state index in [9.17, 15) is 29.4 Å². The van der Waals surface area contributed by atoms with E-state index in [-0.39, 0.29) is 51.0 Å². The van der Waals surface area contributed by atoms with Gasteiger partial charge in [0.25, 0.3) is 11.8 Å². The maximum Gasteiger partial charge on any atom is 0.313 e. The fourth-order valence-electron chi connectivity index (χ4n) is 4.21. The average molecular weight is 683 g/mol. The molecule has 0 radical (unpaired) electrons. The number of carboxylic acid groups (broad SMARTS) is 1. The maximum atomic E-state index is 13.3. The lowest BCUT2D eigenvalue weighted by molar-refractivity contribution is -0.157. The van der Waals surface area contributed by atoms with E-state index in [1.165, 1.54) is 56.7 Å². The van der Waals surface area contributed by atoms with Gasteiger partial charge in [-0.2, -0.15) is 0 Å². The number of anilines is 2. The van der Waals surface area contributed by atoms with Crippen LogP contribution in [0.1, 0.15) is 5.69 Å². The second-order valence-electron chi connectivity index (χ2n) is 9.57. The van der Waals surface area contributed by atoms with Crippen LogP contribution >= 0.6 is 46.5 Å². The summed E-state index contributed by atoms with van der Waals surface area (Å²) in [5.74, 6) is -2.97. The number of oxime groups is 1. The Hall–Kier alpha value is -4.14. The van der Waals surface area contributed by atoms with Crippen molar-refractivity contribution < 1.29 is 34.2 Å². The van der Waals surface area contributed by atoms with Crippen molar-refractivity contribution in [2.45, 2.75) is 16.6 Å². The molecule has 0 aliphatic carbocycles. The minimum Gasteiger partial charge on any atom is -0.506 e. The summed E-state index contributed by atoms with van der Waals surface area (Å²) in [4.78, 5) is 61.6. The summed E-state index contributed by atoms with van der Waals surface area (Å²) in [6.07, 6.45) is 0. The first-order valence-corrected chi connectivity index (χ1v) is 15.8. The summed E-state index contributed by atoms with van der Waals surface area (Å²) < 4.78 is 1.43. The smallest absolute Gasteiger partial charge is 0.313 e. The molecule has 2 saturated heterocycles. The normalized spacial score (nSPS) is 21.3. The van der Waals surface area contributed by atoms with Crippen LogP contribution in [0.5, 0.6) is 5.75 Å². The number of rotatable bonds is 11. The number of nitrogen functional groups attached to an aromatic ring is 1. The van der Waals surface area contributed by atoms with Crippen LogP contribution in [0.2, 0.25) is 5.02 Å². The quantitative estimate of drug-likeness (QED) is 0.0598. The van der Waals surface area contributed by atoms with Crippen molar-refractivity contribution in [1.82, 2.24) is 35.4 Å². The van der Waals surface area contributed by atoms with Gasteiger partial charge < -0.3 is 36.3 Å². The summed E-state index contributed by atoms with van der Waals surface area (Å²) in [6.45, 7) is -0.704. The number of carbonyl (C=O) groups excluding carboxylic acids is 3. The number of thioether (sulfide) groups is 2. The number of aliphatic carboxylic acids is 1. The van der Waals surface area contributed by atoms with Crippen molar-refractivity contribution in [2.75, 3.05) is 35.7 Å². The van der Waals surface area contributed by atoms with Gasteiger partial charge in [-0.1, -0.05) is 28.5 Å². The molecule has 4 heterocycles. The summed E-state index contributed by atoms with van der Waals surface area (Å²) in [7, 11) is 1.64. The topological polar surface area (TPSA) is 240 Å². The van der Waals surface area contributed by atoms with Crippen molar-refractivity contribution in [2.24, 2.45) is 17.6 Å². The number of β-lactam (4-membered cyclic amide) rings is 1. The molecule has 2 fully saturated rings. The Morgan fingerprint density at radius 1 is 1.36 bits per heavy atom. The van der Waals surface area contributed by atoms with E-state index in [0.717, 1.165) is 11.3 Å². The van der Waals surface area contributed by atoms with Gasteiger partial charge in [0.15, 0.2) is 17.5 Å². The van der Waals surface area contributed by atoms with Gasteiger partial charge in [0.2, 0.25) is 11.1 Å². The minimum atomic E-state index is -1.26. The highest BCUT2D eigenvalue weighted by atomic mass is 35.5. The molecule has 2 unspecified atom stereocenters. The lowest BCUT2D eigenvalue weighted by Gasteiger charge is -2.53. The van der Waals surface area contributed by atoms with Crippen molar-refractivity contribution >= 4 is 86.7 Å². The number of aryl methyl sites for hydroxylation is 1. The average Bonchev–Trinajstić information content (AvgIpc) is 3.61. The number of hydrogen-bond acceptors (Lipinski definition) is 15. The number of nitrogens with zero attached hydrogens (tertiary/aromatic N) is 7. The van der Waals surface area contributed by atoms with Crippen molar-refractivity contribution in [1.29, 1.82) is 0 Å². The molecule has 6 N–H and O–H groups in total. The third-order valence-electron chi connectivity index (χ3n) is 6.51. The van der Waals surface area contributed by atoms with Gasteiger partial charge in [-0.25, -0.2) is 9.67 Å². The molecule has 3 aromatic rings. The third kappa shape index (κ3) is 6.51. The predicted octanol–water partition coefficient (Wildman–Crippen LogP) is 0.230. The molecule has 2 aliphatic rings. The Kier molecular flexibility index (Phi) is 9.13. The molecule has 21 heteroatoms. The Morgan fingerprint density at radius 2 is 2.16 bits per heavy atom. The molecule has 5 rings (SSSR count). The van der Waals surface area contributed by atoms with E-state index in [2.05, 4.69) is 36.3 Å². The van der Waals surface area contributed by atoms with Gasteiger partial charge >= 0.3 is 5.97 Å². The second-order valence-corrected chi connectivity index (χ2v) is 12.9. The van der Waals surface area contributed by atoms with Gasteiger partial charge in [0, 0.05) is 35.5 Å². The summed E-state index contributed by atoms with van der Waals surface area (Å²) in [5, 5.41) is 41.7. The van der Waals surface area contributed by atoms with Crippen LogP contribution in [0.15, 0.2) is 33.9 Å². The van der Waals surface area contributed by atoms with Crippen molar-refractivity contribution in [3.63, 3.8) is 0 Å². The van der Waals surface area contributed by atoms with Crippen molar-refractivity contribution in [3.05, 3.63) is 34.3 Å². The fourth-order valence-corrected chi connectivity index (χ4v) is 7.64. The standard InChI is InChI=1S/C23H23ClN10O7S3/c1-33-22(29-31-32-33)44-9-23(20(39)40)7-34-18(38)16(19(34)43-8-23)28-17(37)15(12-6-42-21(25)27-12)30-41-5-14(36)26-11-4-10(24)2-3-13(11)35/h2-4,6,16,19,35H,5,7-9H2,1H3,(H2,25,27)(H,26,36)(H,28,37)(H,39,40)/t16?,19-,23?/m1/s1. The highest BCUT2D eigenvalue weighted by Gasteiger charge is 2.57. The van der Waals surface area contributed by atoms with E-state index in [1.54, 1.807) is 7.05 Å². The number of aromatic nitrogens is 5. The first kappa shape index (κ1) is 31.3. The summed E-state index contributed by atoms with van der Waals surface area (Å²) in [6, 6.07) is 3.12. The molecular weight excluding hydrogens is 660 g/mol. The summed E-state index contributed by atoms with van der Waals surface area (Å²) in [5.41, 5.74) is 4.23. The van der Waals surface area contributed by atoms with Gasteiger partial charge in [0.05, 0.1) is 5.69 Å². The molecule has 3 atom stereocenters. The van der Waals surface area contributed by atoms with Crippen LogP contribution in [0.3, 0.4) is 0 Å². The number of carboxylic acids is 1. The molecule has 17 nitrogen and oxygen atoms in total. The van der Waals surface area contributed by atoms with Crippen LogP contribution in [0.25, 0.3) is 0 Å². The number of nitrogens with two attached hydrogens (primary N) is 1. The number of phenols is 1. The number of halogens is 1. The lowest BCUT2D eigenvalue weighted by Crippen LogP contribution is -2.74. The zero-order valence-corrected chi connectivity index (χ0v) is 25.7. The van der Waals surface area contributed by atoms with E-state index in [1.807, 2.05) is 0 Å². The number of hydrogen-bond donors (Lipinski definition) is 5. The molecule has 0 saturated carbocycles. The van der Waals surface area contributed by atoms with E-state index < -0.39 is 47.1 Å². The first-order chi connectivity index (χ1) is 21.0. The molecule has 2 aromatic heterocycles. The number of amides is 3. The predicted molar refractivity (Wildman–Crippen MR) is 160 cm³/mol. The van der Waals surface area contributed by atoms with E-state index >= 15 is 0 Å². The van der Waals surface area contributed by atoms with E-state index in [4.69, 9.17) is 22.2 Å². The van der Waals surface area contributed by atoms with Gasteiger partial charge in [-0.15, -0.1) is 28.2 Å². The van der Waals surface area contributed by atoms with Crippen LogP contribution in [-0.4, -0.2) is 106 Å². The Morgan fingerprint density at radius 3 is 2.84 bits per heavy atom. The Bertz CT molecular complexity index is 1650. The van der Waals surface area contributed by atoms with Crippen LogP contribution in [0, 0.1) is 5.41 Å². The van der Waals surface area contributed by atoms with Gasteiger partial charge in [0.1, 0.15) is 28.3 Å². The molecular formula is C23H23ClN10O7S3. The van der Waals surface area contributed by atoms with E-state index in [0.29, 0.717) is 5.16 Å². The second kappa shape index (κ2) is 12.8. The number of nitrogens with one attached hydrogen (secondary N) is 2. The van der Waals surface area contributed by atoms with Crippen LogP contribution in [0.4, 0.5) is 10.8 Å². The minimum absolute atomic E-state index is 0.0505. The van der Waals surface area contributed by atoms with Gasteiger partial charge in [-0.3, -0.25) is 19.2 Å². The number of phenolic OH excluding ortho intramolecular Hbond substituents is 1. The highest BCUT2D eigenvalue weighted by molar-refractivity contribution is 8.00. The monoisotopic (exact) mass is 682 g/mol. The summed E-state index contributed by atoms with van der Waals surface area (Å²) >= 11 is 9.33. The number of carbonyl (C=O) groups is 4. The molecule has 3 amide bonds. The number of tetrazole rings is 1. The molecule has 2 aliphatic heterocycles. The maximum absolute atomic E-state index is 13.3.